The molecule has 0 nitrogen and oxygen atoms in total. The zero-order chi connectivity index (χ0) is 22.5. The van der Waals surface area contributed by atoms with Crippen LogP contribution in [0, 0.1) is 29.4 Å². The molecule has 0 bridgehead atoms. The van der Waals surface area contributed by atoms with Crippen molar-refractivity contribution in [3.05, 3.63) is 59.2 Å². The summed E-state index contributed by atoms with van der Waals surface area (Å²) in [6.07, 6.45) is 18.6. The van der Waals surface area contributed by atoms with E-state index < -0.39 is 5.82 Å². The molecule has 2 saturated carbocycles. The molecule has 0 N–H and O–H groups in total. The van der Waals surface area contributed by atoms with Gasteiger partial charge in [0.15, 0.2) is 0 Å². The lowest BCUT2D eigenvalue weighted by molar-refractivity contribution is 0.112. The largest absolute Gasteiger partial charge is 0.206 e. The third-order valence-corrected chi connectivity index (χ3v) is 8.31. The van der Waals surface area contributed by atoms with Crippen molar-refractivity contribution in [1.82, 2.24) is 0 Å². The Morgan fingerprint density at radius 1 is 0.969 bits per heavy atom. The molecule has 32 heavy (non-hydrogen) atoms. The third kappa shape index (κ3) is 5.26. The minimum atomic E-state index is -0.404. The number of aryl methyl sites for hydroxylation is 1. The average molecular weight is 439 g/mol. The number of benzene rings is 2. The number of unbranched alkanes of at least 4 members (excludes halogenated alkanes) is 2. The SMILES string of the molecule is C/C=C/CCc1cc(F)c2c(F)c([C@@H]3CC[C@@H]4CC(CCCCC)CCC4C3)ccc2c1. The molecular formula is C30H40F2. The van der Waals surface area contributed by atoms with Gasteiger partial charge in [-0.15, -0.1) is 0 Å². The van der Waals surface area contributed by atoms with Crippen LogP contribution in [-0.4, -0.2) is 0 Å². The highest BCUT2D eigenvalue weighted by Crippen LogP contribution is 2.49. The normalized spacial score (nSPS) is 26.0. The first-order chi connectivity index (χ1) is 15.6. The van der Waals surface area contributed by atoms with Crippen LogP contribution in [0.4, 0.5) is 8.78 Å². The van der Waals surface area contributed by atoms with Crippen LogP contribution < -0.4 is 0 Å². The van der Waals surface area contributed by atoms with Crippen LogP contribution in [-0.2, 0) is 6.42 Å². The molecule has 4 atom stereocenters. The van der Waals surface area contributed by atoms with E-state index in [-0.39, 0.29) is 17.1 Å². The molecule has 0 aromatic heterocycles. The maximum atomic E-state index is 15.6. The summed E-state index contributed by atoms with van der Waals surface area (Å²) in [5, 5.41) is 0.891. The van der Waals surface area contributed by atoms with Crippen molar-refractivity contribution in [3.63, 3.8) is 0 Å². The van der Waals surface area contributed by atoms with Crippen molar-refractivity contribution in [2.24, 2.45) is 17.8 Å². The maximum Gasteiger partial charge on any atom is 0.137 e. The second-order valence-corrected chi connectivity index (χ2v) is 10.5. The number of hydrogen-bond acceptors (Lipinski definition) is 0. The van der Waals surface area contributed by atoms with Crippen molar-refractivity contribution in [2.45, 2.75) is 96.8 Å². The molecular weight excluding hydrogens is 398 g/mol. The Balaban J connectivity index is 1.46. The van der Waals surface area contributed by atoms with E-state index in [1.165, 1.54) is 57.4 Å². The topological polar surface area (TPSA) is 0 Å². The molecule has 2 aliphatic rings. The van der Waals surface area contributed by atoms with Crippen molar-refractivity contribution >= 4 is 10.8 Å². The van der Waals surface area contributed by atoms with Gasteiger partial charge in [-0.1, -0.05) is 69.4 Å². The fourth-order valence-electron chi connectivity index (χ4n) is 6.54. The van der Waals surface area contributed by atoms with Gasteiger partial charge >= 0.3 is 0 Å². The lowest BCUT2D eigenvalue weighted by atomic mass is 9.63. The highest BCUT2D eigenvalue weighted by molar-refractivity contribution is 5.85. The number of halogens is 2. The van der Waals surface area contributed by atoms with E-state index in [0.717, 1.165) is 54.6 Å². The summed E-state index contributed by atoms with van der Waals surface area (Å²) in [4.78, 5) is 0. The predicted molar refractivity (Wildman–Crippen MR) is 132 cm³/mol. The molecule has 0 heterocycles. The lowest BCUT2D eigenvalue weighted by Crippen LogP contribution is -2.30. The van der Waals surface area contributed by atoms with Crippen LogP contribution in [0.1, 0.15) is 102 Å². The minimum absolute atomic E-state index is 0.194. The van der Waals surface area contributed by atoms with Crippen LogP contribution in [0.5, 0.6) is 0 Å². The second kappa shape index (κ2) is 10.9. The lowest BCUT2D eigenvalue weighted by Gasteiger charge is -2.42. The zero-order valence-corrected chi connectivity index (χ0v) is 20.0. The molecule has 0 spiro atoms. The van der Waals surface area contributed by atoms with E-state index in [9.17, 15) is 4.39 Å². The van der Waals surface area contributed by atoms with Crippen molar-refractivity contribution in [1.29, 1.82) is 0 Å². The average Bonchev–Trinajstić information content (AvgIpc) is 2.79. The molecule has 2 aliphatic carbocycles. The van der Waals surface area contributed by atoms with Gasteiger partial charge < -0.3 is 0 Å². The standard InChI is InChI=1S/C30H40F2/c1-3-5-7-9-21-11-12-24-20-25(14-13-23(24)17-21)27-16-15-26-18-22(10-8-6-4-2)19-28(31)29(26)30(27)32/h4,6,15-16,18-19,21,23-25H,3,5,7-14,17,20H2,1-2H3/b6-4+/t21?,23-,24?,25-/m1/s1. The fourth-order valence-corrected chi connectivity index (χ4v) is 6.54. The summed E-state index contributed by atoms with van der Waals surface area (Å²) >= 11 is 0. The summed E-state index contributed by atoms with van der Waals surface area (Å²) in [7, 11) is 0. The molecule has 0 saturated heterocycles. The number of hydrogen-bond donors (Lipinski definition) is 0. The van der Waals surface area contributed by atoms with Crippen LogP contribution in [0.25, 0.3) is 10.8 Å². The van der Waals surface area contributed by atoms with Gasteiger partial charge in [0.05, 0.1) is 5.39 Å². The van der Waals surface area contributed by atoms with Crippen LogP contribution >= 0.6 is 0 Å². The molecule has 174 valence electrons. The quantitative estimate of drug-likeness (QED) is 0.284. The Hall–Kier alpha value is -1.70. The molecule has 2 aromatic rings. The van der Waals surface area contributed by atoms with E-state index in [4.69, 9.17) is 0 Å². The number of allylic oxidation sites excluding steroid dienone is 2. The van der Waals surface area contributed by atoms with Crippen LogP contribution in [0.3, 0.4) is 0 Å². The van der Waals surface area contributed by atoms with Gasteiger partial charge in [0, 0.05) is 0 Å². The van der Waals surface area contributed by atoms with Gasteiger partial charge in [0.2, 0.25) is 0 Å². The van der Waals surface area contributed by atoms with Gasteiger partial charge in [-0.25, -0.2) is 8.78 Å². The molecule has 0 amide bonds. The summed E-state index contributed by atoms with van der Waals surface area (Å²) < 4.78 is 30.5. The molecule has 2 unspecified atom stereocenters. The van der Waals surface area contributed by atoms with E-state index in [0.29, 0.717) is 5.39 Å². The first-order valence-corrected chi connectivity index (χ1v) is 13.1. The maximum absolute atomic E-state index is 15.6. The summed E-state index contributed by atoms with van der Waals surface area (Å²) in [6, 6.07) is 7.40. The first kappa shape index (κ1) is 23.5. The Morgan fingerprint density at radius 2 is 1.78 bits per heavy atom. The molecule has 0 radical (unpaired) electrons. The Kier molecular flexibility index (Phi) is 8.02. The molecule has 4 rings (SSSR count). The molecule has 2 heteroatoms. The van der Waals surface area contributed by atoms with Crippen molar-refractivity contribution < 1.29 is 8.78 Å². The number of rotatable bonds is 8. The Labute approximate surface area is 193 Å². The van der Waals surface area contributed by atoms with E-state index in [2.05, 4.69) is 13.0 Å². The van der Waals surface area contributed by atoms with Crippen molar-refractivity contribution in [3.8, 4) is 0 Å². The van der Waals surface area contributed by atoms with E-state index >= 15 is 4.39 Å². The fraction of sp³-hybridized carbons (Fsp3) is 0.600. The van der Waals surface area contributed by atoms with Gasteiger partial charge in [-0.2, -0.15) is 0 Å². The summed E-state index contributed by atoms with van der Waals surface area (Å²) in [5.41, 5.74) is 1.69. The monoisotopic (exact) mass is 438 g/mol. The molecule has 2 aromatic carbocycles. The Morgan fingerprint density at radius 3 is 2.59 bits per heavy atom. The van der Waals surface area contributed by atoms with Crippen LogP contribution in [0.2, 0.25) is 0 Å². The van der Waals surface area contributed by atoms with Gasteiger partial charge in [-0.3, -0.25) is 0 Å². The van der Waals surface area contributed by atoms with Crippen molar-refractivity contribution in [2.75, 3.05) is 0 Å². The highest BCUT2D eigenvalue weighted by atomic mass is 19.1. The summed E-state index contributed by atoms with van der Waals surface area (Å²) in [5.74, 6) is 1.99. The van der Waals surface area contributed by atoms with Gasteiger partial charge in [0.1, 0.15) is 11.6 Å². The summed E-state index contributed by atoms with van der Waals surface area (Å²) in [6.45, 7) is 4.27. The number of fused-ring (bicyclic) bond motifs is 2. The van der Waals surface area contributed by atoms with Gasteiger partial charge in [-0.05, 0) is 98.1 Å². The smallest absolute Gasteiger partial charge is 0.137 e. The van der Waals surface area contributed by atoms with E-state index in [1.807, 2.05) is 31.2 Å². The first-order valence-electron chi connectivity index (χ1n) is 13.1. The predicted octanol–water partition coefficient (Wildman–Crippen LogP) is 9.51. The third-order valence-electron chi connectivity index (χ3n) is 8.31. The zero-order valence-electron chi connectivity index (χ0n) is 20.0. The highest BCUT2D eigenvalue weighted by Gasteiger charge is 2.36. The molecule has 2 fully saturated rings. The van der Waals surface area contributed by atoms with Gasteiger partial charge in [0.25, 0.3) is 0 Å². The van der Waals surface area contributed by atoms with Crippen LogP contribution in [0.15, 0.2) is 36.4 Å². The Bertz CT molecular complexity index is 928. The second-order valence-electron chi connectivity index (χ2n) is 10.5. The molecule has 0 aliphatic heterocycles. The minimum Gasteiger partial charge on any atom is -0.206 e. The van der Waals surface area contributed by atoms with E-state index in [1.54, 1.807) is 0 Å².